The van der Waals surface area contributed by atoms with E-state index in [1.54, 1.807) is 6.26 Å². The lowest BCUT2D eigenvalue weighted by Crippen LogP contribution is -2.28. The summed E-state index contributed by atoms with van der Waals surface area (Å²) in [5.74, 6) is 0.261. The van der Waals surface area contributed by atoms with Crippen molar-refractivity contribution in [3.05, 3.63) is 35.8 Å². The Morgan fingerprint density at radius 1 is 1.25 bits per heavy atom. The van der Waals surface area contributed by atoms with E-state index in [1.165, 1.54) is 6.21 Å². The topological polar surface area (TPSA) is 62.9 Å². The fourth-order valence-corrected chi connectivity index (χ4v) is 3.63. The molecule has 0 N–H and O–H groups in total. The maximum Gasteiger partial charge on any atom is 0.254 e. The van der Waals surface area contributed by atoms with Crippen LogP contribution in [0.25, 0.3) is 0 Å². The first-order chi connectivity index (χ1) is 9.66. The second kappa shape index (κ2) is 3.91. The number of hydrogen-bond acceptors (Lipinski definition) is 4. The summed E-state index contributed by atoms with van der Waals surface area (Å²) in [5.41, 5.74) is 0.926. The third kappa shape index (κ3) is 1.40. The molecule has 2 amide bonds. The number of fused-ring (bicyclic) bond motifs is 5. The van der Waals surface area contributed by atoms with Gasteiger partial charge in [-0.25, -0.2) is 0 Å². The van der Waals surface area contributed by atoms with Crippen molar-refractivity contribution in [2.75, 3.05) is 0 Å². The van der Waals surface area contributed by atoms with E-state index in [-0.39, 0.29) is 35.5 Å². The third-order valence-electron chi connectivity index (χ3n) is 4.64. The molecule has 1 saturated carbocycles. The summed E-state index contributed by atoms with van der Waals surface area (Å²) in [6, 6.07) is 1.81. The molecule has 2 heterocycles. The maximum atomic E-state index is 12.4. The molecule has 0 spiro atoms. The van der Waals surface area contributed by atoms with Crippen LogP contribution in [0.15, 0.2) is 34.0 Å². The fourth-order valence-electron chi connectivity index (χ4n) is 3.63. The van der Waals surface area contributed by atoms with Gasteiger partial charge in [-0.3, -0.25) is 9.59 Å². The minimum atomic E-state index is -0.202. The Kier molecular flexibility index (Phi) is 2.28. The van der Waals surface area contributed by atoms with Crippen molar-refractivity contribution in [3.8, 4) is 0 Å². The number of carbonyl (C=O) groups is 2. The van der Waals surface area contributed by atoms with Gasteiger partial charge in [-0.1, -0.05) is 12.2 Å². The number of hydrazone groups is 1. The Balaban J connectivity index is 1.62. The highest BCUT2D eigenvalue weighted by atomic mass is 16.3. The molecule has 5 heteroatoms. The lowest BCUT2D eigenvalue weighted by Gasteiger charge is -2.13. The Bertz CT molecular complexity index is 628. The molecule has 4 atom stereocenters. The van der Waals surface area contributed by atoms with E-state index in [4.69, 9.17) is 4.42 Å². The molecule has 5 nitrogen and oxygen atoms in total. The molecule has 1 saturated heterocycles. The number of hydrogen-bond donors (Lipinski definition) is 0. The average molecular weight is 270 g/mol. The van der Waals surface area contributed by atoms with Crippen LogP contribution in [0.1, 0.15) is 17.7 Å². The van der Waals surface area contributed by atoms with E-state index in [0.29, 0.717) is 5.76 Å². The first-order valence-corrected chi connectivity index (χ1v) is 6.81. The molecule has 102 valence electrons. The summed E-state index contributed by atoms with van der Waals surface area (Å²) in [4.78, 5) is 24.7. The number of rotatable bonds is 2. The zero-order chi connectivity index (χ0) is 13.9. The summed E-state index contributed by atoms with van der Waals surface area (Å²) in [6.45, 7) is 1.89. The number of allylic oxidation sites excluding steroid dienone is 2. The number of imide groups is 1. The summed E-state index contributed by atoms with van der Waals surface area (Å²) in [7, 11) is 0. The van der Waals surface area contributed by atoms with E-state index in [1.807, 2.05) is 13.0 Å². The van der Waals surface area contributed by atoms with Gasteiger partial charge in [0.15, 0.2) is 0 Å². The third-order valence-corrected chi connectivity index (χ3v) is 4.64. The van der Waals surface area contributed by atoms with Crippen LogP contribution in [0.4, 0.5) is 0 Å². The Hall–Kier alpha value is -2.17. The van der Waals surface area contributed by atoms with Crippen LogP contribution in [-0.2, 0) is 9.59 Å². The minimum absolute atomic E-state index is 0.169. The maximum absolute atomic E-state index is 12.4. The van der Waals surface area contributed by atoms with Gasteiger partial charge in [0.05, 0.1) is 24.3 Å². The summed E-state index contributed by atoms with van der Waals surface area (Å²) in [5, 5.41) is 5.09. The number of nitrogens with zero attached hydrogens (tertiary/aromatic N) is 2. The van der Waals surface area contributed by atoms with Crippen LogP contribution >= 0.6 is 0 Å². The molecule has 1 aromatic heterocycles. The summed E-state index contributed by atoms with van der Waals surface area (Å²) < 4.78 is 5.23. The van der Waals surface area contributed by atoms with Crippen molar-refractivity contribution >= 4 is 18.0 Å². The number of carbonyl (C=O) groups excluding carboxylic acids is 2. The van der Waals surface area contributed by atoms with Crippen molar-refractivity contribution in [1.29, 1.82) is 0 Å². The van der Waals surface area contributed by atoms with E-state index in [2.05, 4.69) is 17.3 Å². The molecule has 4 rings (SSSR count). The largest absolute Gasteiger partial charge is 0.463 e. The SMILES string of the molecule is Cc1ccoc1C=NN1C(=O)C2C3C=CC(C3)C2C1=O. The van der Waals surface area contributed by atoms with Crippen LogP contribution in [0.2, 0.25) is 0 Å². The van der Waals surface area contributed by atoms with Gasteiger partial charge >= 0.3 is 0 Å². The quantitative estimate of drug-likeness (QED) is 0.467. The molecular formula is C15H14N2O3. The molecule has 2 fully saturated rings. The van der Waals surface area contributed by atoms with Gasteiger partial charge in [0.1, 0.15) is 5.76 Å². The first-order valence-electron chi connectivity index (χ1n) is 6.81. The average Bonchev–Trinajstić information content (AvgIpc) is 3.16. The standard InChI is InChI=1S/C15H14N2O3/c1-8-4-5-20-11(8)7-16-17-14(18)12-9-2-3-10(6-9)13(12)15(17)19/h2-5,7,9-10,12-13H,6H2,1H3. The lowest BCUT2D eigenvalue weighted by molar-refractivity contribution is -0.140. The van der Waals surface area contributed by atoms with Crippen molar-refractivity contribution < 1.29 is 14.0 Å². The Morgan fingerprint density at radius 3 is 2.45 bits per heavy atom. The number of aryl methyl sites for hydroxylation is 1. The van der Waals surface area contributed by atoms with Gasteiger partial charge in [-0.2, -0.15) is 10.1 Å². The molecule has 1 aromatic rings. The summed E-state index contributed by atoms with van der Waals surface area (Å²) >= 11 is 0. The van der Waals surface area contributed by atoms with E-state index in [0.717, 1.165) is 17.0 Å². The number of amides is 2. The van der Waals surface area contributed by atoms with Gasteiger partial charge in [0, 0.05) is 0 Å². The first kappa shape index (κ1) is 11.6. The normalized spacial score (nSPS) is 34.8. The molecule has 3 aliphatic rings. The fraction of sp³-hybridized carbons (Fsp3) is 0.400. The van der Waals surface area contributed by atoms with Gasteiger partial charge in [0.2, 0.25) is 0 Å². The van der Waals surface area contributed by atoms with E-state index in [9.17, 15) is 9.59 Å². The molecule has 1 aliphatic heterocycles. The predicted molar refractivity (Wildman–Crippen MR) is 70.6 cm³/mol. The smallest absolute Gasteiger partial charge is 0.254 e. The Morgan fingerprint density at radius 2 is 1.90 bits per heavy atom. The van der Waals surface area contributed by atoms with Crippen molar-refractivity contribution in [2.24, 2.45) is 28.8 Å². The zero-order valence-corrected chi connectivity index (χ0v) is 11.0. The lowest BCUT2D eigenvalue weighted by atomic mass is 9.85. The minimum Gasteiger partial charge on any atom is -0.463 e. The molecule has 2 aliphatic carbocycles. The van der Waals surface area contributed by atoms with Gasteiger partial charge in [0.25, 0.3) is 11.8 Å². The van der Waals surface area contributed by atoms with Gasteiger partial charge in [-0.15, -0.1) is 0 Å². The zero-order valence-electron chi connectivity index (χ0n) is 11.0. The van der Waals surface area contributed by atoms with Crippen LogP contribution in [0.5, 0.6) is 0 Å². The highest BCUT2D eigenvalue weighted by Crippen LogP contribution is 2.52. The monoisotopic (exact) mass is 270 g/mol. The second-order valence-corrected chi connectivity index (χ2v) is 5.70. The van der Waals surface area contributed by atoms with Crippen LogP contribution in [0, 0.1) is 30.6 Å². The molecular weight excluding hydrogens is 256 g/mol. The second-order valence-electron chi connectivity index (χ2n) is 5.70. The molecule has 0 radical (unpaired) electrons. The van der Waals surface area contributed by atoms with E-state index < -0.39 is 0 Å². The Labute approximate surface area is 115 Å². The van der Waals surface area contributed by atoms with Crippen molar-refractivity contribution in [3.63, 3.8) is 0 Å². The molecule has 0 aromatic carbocycles. The van der Waals surface area contributed by atoms with Crippen molar-refractivity contribution in [1.82, 2.24) is 5.01 Å². The van der Waals surface area contributed by atoms with Crippen LogP contribution in [-0.4, -0.2) is 23.0 Å². The van der Waals surface area contributed by atoms with E-state index >= 15 is 0 Å². The molecule has 2 bridgehead atoms. The summed E-state index contributed by atoms with van der Waals surface area (Å²) in [6.07, 6.45) is 8.08. The van der Waals surface area contributed by atoms with Crippen molar-refractivity contribution in [2.45, 2.75) is 13.3 Å². The number of furan rings is 1. The molecule has 4 unspecified atom stereocenters. The van der Waals surface area contributed by atoms with Crippen LogP contribution < -0.4 is 0 Å². The molecule has 20 heavy (non-hydrogen) atoms. The van der Waals surface area contributed by atoms with Gasteiger partial charge < -0.3 is 4.42 Å². The van der Waals surface area contributed by atoms with Gasteiger partial charge in [-0.05, 0) is 36.8 Å². The predicted octanol–water partition coefficient (Wildman–Crippen LogP) is 1.73. The highest BCUT2D eigenvalue weighted by molar-refractivity contribution is 6.06. The highest BCUT2D eigenvalue weighted by Gasteiger charge is 2.59. The van der Waals surface area contributed by atoms with Crippen LogP contribution in [0.3, 0.4) is 0 Å².